The molecule has 150 valence electrons. The number of oxazole rings is 1. The second-order valence-corrected chi connectivity index (χ2v) is 7.12. The van der Waals surface area contributed by atoms with Gasteiger partial charge in [0.15, 0.2) is 5.58 Å². The van der Waals surface area contributed by atoms with E-state index >= 15 is 0 Å². The maximum Gasteiger partial charge on any atom is 0.248 e. The summed E-state index contributed by atoms with van der Waals surface area (Å²) in [5.74, 6) is 1.14. The quantitative estimate of drug-likeness (QED) is 0.433. The summed E-state index contributed by atoms with van der Waals surface area (Å²) < 4.78 is 11.1. The lowest BCUT2D eigenvalue weighted by Gasteiger charge is -2.03. The van der Waals surface area contributed by atoms with Gasteiger partial charge in [0.05, 0.1) is 7.11 Å². The molecule has 0 aliphatic heterocycles. The van der Waals surface area contributed by atoms with E-state index in [9.17, 15) is 4.79 Å². The van der Waals surface area contributed by atoms with E-state index in [0.717, 1.165) is 39.1 Å². The molecule has 4 aromatic rings. The highest BCUT2D eigenvalue weighted by atomic mass is 16.5. The van der Waals surface area contributed by atoms with Crippen molar-refractivity contribution in [3.05, 3.63) is 83.4 Å². The van der Waals surface area contributed by atoms with E-state index in [1.54, 1.807) is 13.2 Å². The monoisotopic (exact) mass is 398 g/mol. The van der Waals surface area contributed by atoms with Crippen molar-refractivity contribution in [3.8, 4) is 17.2 Å². The lowest BCUT2D eigenvalue weighted by atomic mass is 10.1. The molecule has 30 heavy (non-hydrogen) atoms. The number of anilines is 1. The molecule has 0 atom stereocenters. The molecule has 0 aliphatic rings. The van der Waals surface area contributed by atoms with Crippen molar-refractivity contribution in [2.24, 2.45) is 0 Å². The largest absolute Gasteiger partial charge is 0.497 e. The van der Waals surface area contributed by atoms with Crippen molar-refractivity contribution in [1.82, 2.24) is 4.98 Å². The molecule has 0 spiro atoms. The Bertz CT molecular complexity index is 1220. The molecular formula is C25H22N2O3. The van der Waals surface area contributed by atoms with Crippen LogP contribution in [0.5, 0.6) is 5.75 Å². The van der Waals surface area contributed by atoms with Crippen LogP contribution >= 0.6 is 0 Å². The zero-order valence-electron chi connectivity index (χ0n) is 17.1. The summed E-state index contributed by atoms with van der Waals surface area (Å²) in [6.45, 7) is 4.06. The molecule has 1 amide bonds. The number of benzene rings is 3. The van der Waals surface area contributed by atoms with Crippen LogP contribution in [0.1, 0.15) is 16.7 Å². The van der Waals surface area contributed by atoms with Crippen LogP contribution in [-0.2, 0) is 4.79 Å². The third-order valence-electron chi connectivity index (χ3n) is 4.76. The van der Waals surface area contributed by atoms with Gasteiger partial charge in [0, 0.05) is 17.3 Å². The number of ether oxygens (including phenoxy) is 1. The molecule has 0 fully saturated rings. The highest BCUT2D eigenvalue weighted by Gasteiger charge is 2.11. The average molecular weight is 398 g/mol. The molecule has 5 nitrogen and oxygen atoms in total. The van der Waals surface area contributed by atoms with E-state index < -0.39 is 0 Å². The molecule has 1 N–H and O–H groups in total. The normalized spacial score (nSPS) is 11.2. The molecule has 0 unspecified atom stereocenters. The molecule has 3 aromatic carbocycles. The van der Waals surface area contributed by atoms with Crippen LogP contribution in [0.3, 0.4) is 0 Å². The third kappa shape index (κ3) is 4.25. The number of carbonyl (C=O) groups excluding carboxylic acids is 1. The number of nitrogens with one attached hydrogen (secondary N) is 1. The highest BCUT2D eigenvalue weighted by molar-refractivity contribution is 6.02. The minimum absolute atomic E-state index is 0.202. The maximum atomic E-state index is 12.2. The van der Waals surface area contributed by atoms with Crippen molar-refractivity contribution >= 4 is 28.8 Å². The fraction of sp³-hybridized carbons (Fsp3) is 0.120. The third-order valence-corrected chi connectivity index (χ3v) is 4.76. The molecular weight excluding hydrogens is 376 g/mol. The van der Waals surface area contributed by atoms with E-state index in [2.05, 4.69) is 16.4 Å². The first-order chi connectivity index (χ1) is 14.5. The molecule has 0 saturated heterocycles. The van der Waals surface area contributed by atoms with Gasteiger partial charge in [-0.2, -0.15) is 0 Å². The topological polar surface area (TPSA) is 64.4 Å². The lowest BCUT2D eigenvalue weighted by molar-refractivity contribution is -0.111. The zero-order valence-corrected chi connectivity index (χ0v) is 17.1. The van der Waals surface area contributed by atoms with Gasteiger partial charge in [-0.1, -0.05) is 18.2 Å². The summed E-state index contributed by atoms with van der Waals surface area (Å²) in [7, 11) is 1.62. The Morgan fingerprint density at radius 3 is 2.47 bits per heavy atom. The number of aryl methyl sites for hydroxylation is 2. The number of methoxy groups -OCH3 is 1. The van der Waals surface area contributed by atoms with Gasteiger partial charge in [-0.25, -0.2) is 4.98 Å². The van der Waals surface area contributed by atoms with Gasteiger partial charge >= 0.3 is 0 Å². The Balaban J connectivity index is 1.45. The summed E-state index contributed by atoms with van der Waals surface area (Å²) in [5.41, 5.74) is 6.35. The smallest absolute Gasteiger partial charge is 0.248 e. The molecule has 1 heterocycles. The number of nitrogens with zero attached hydrogens (tertiary/aromatic N) is 1. The second-order valence-electron chi connectivity index (χ2n) is 7.12. The second kappa shape index (κ2) is 8.25. The Morgan fingerprint density at radius 1 is 1.03 bits per heavy atom. The van der Waals surface area contributed by atoms with Crippen LogP contribution < -0.4 is 10.1 Å². The Kier molecular flexibility index (Phi) is 5.35. The van der Waals surface area contributed by atoms with Crippen molar-refractivity contribution < 1.29 is 13.9 Å². The molecule has 0 bridgehead atoms. The molecule has 0 aliphatic carbocycles. The molecule has 5 heteroatoms. The van der Waals surface area contributed by atoms with Crippen LogP contribution in [0, 0.1) is 13.8 Å². The van der Waals surface area contributed by atoms with Crippen molar-refractivity contribution in [2.45, 2.75) is 13.8 Å². The van der Waals surface area contributed by atoms with Crippen LogP contribution in [0.15, 0.2) is 71.2 Å². The first-order valence-electron chi connectivity index (χ1n) is 9.63. The molecule has 1 aromatic heterocycles. The maximum absolute atomic E-state index is 12.2. The van der Waals surface area contributed by atoms with E-state index in [0.29, 0.717) is 11.6 Å². The summed E-state index contributed by atoms with van der Waals surface area (Å²) in [5, 5.41) is 2.86. The van der Waals surface area contributed by atoms with E-state index in [1.807, 2.05) is 68.4 Å². The summed E-state index contributed by atoms with van der Waals surface area (Å²) in [6.07, 6.45) is 3.26. The number of rotatable bonds is 5. The van der Waals surface area contributed by atoms with Gasteiger partial charge in [0.2, 0.25) is 11.8 Å². The van der Waals surface area contributed by atoms with Gasteiger partial charge in [-0.3, -0.25) is 4.79 Å². The highest BCUT2D eigenvalue weighted by Crippen LogP contribution is 2.28. The first kappa shape index (κ1) is 19.5. The minimum Gasteiger partial charge on any atom is -0.497 e. The number of amides is 1. The lowest BCUT2D eigenvalue weighted by Crippen LogP contribution is -2.07. The fourth-order valence-electron chi connectivity index (χ4n) is 3.27. The number of aromatic nitrogens is 1. The fourth-order valence-corrected chi connectivity index (χ4v) is 3.27. The van der Waals surface area contributed by atoms with Crippen molar-refractivity contribution in [1.29, 1.82) is 0 Å². The summed E-state index contributed by atoms with van der Waals surface area (Å²) in [6, 6.07) is 19.0. The first-order valence-corrected chi connectivity index (χ1v) is 9.63. The number of hydrogen-bond acceptors (Lipinski definition) is 4. The van der Waals surface area contributed by atoms with Crippen molar-refractivity contribution in [2.75, 3.05) is 12.4 Å². The predicted octanol–water partition coefficient (Wildman–Crippen LogP) is 5.77. The predicted molar refractivity (Wildman–Crippen MR) is 120 cm³/mol. The van der Waals surface area contributed by atoms with E-state index in [1.165, 1.54) is 6.08 Å². The standard InChI is InChI=1S/C25H22N2O3/c1-16-14-17(2)24-22(15-16)27-25(30-24)19-7-9-20(10-8-19)26-23(28)13-6-18-4-11-21(29-3)12-5-18/h4-15H,1-3H3,(H,26,28)/b13-6-. The number of hydrogen-bond donors (Lipinski definition) is 1. The van der Waals surface area contributed by atoms with Crippen LogP contribution in [0.4, 0.5) is 5.69 Å². The average Bonchev–Trinajstić information content (AvgIpc) is 3.17. The summed E-state index contributed by atoms with van der Waals surface area (Å²) >= 11 is 0. The van der Waals surface area contributed by atoms with E-state index in [4.69, 9.17) is 9.15 Å². The molecule has 0 saturated carbocycles. The summed E-state index contributed by atoms with van der Waals surface area (Å²) in [4.78, 5) is 16.8. The Hall–Kier alpha value is -3.86. The van der Waals surface area contributed by atoms with Gasteiger partial charge in [0.1, 0.15) is 11.3 Å². The van der Waals surface area contributed by atoms with Crippen LogP contribution in [0.25, 0.3) is 28.6 Å². The van der Waals surface area contributed by atoms with Gasteiger partial charge in [-0.05, 0) is 79.1 Å². The van der Waals surface area contributed by atoms with Crippen molar-refractivity contribution in [3.63, 3.8) is 0 Å². The molecule has 4 rings (SSSR count). The SMILES string of the molecule is COc1ccc(/C=C\C(=O)Nc2ccc(-c3nc4cc(C)cc(C)c4o3)cc2)cc1. The number of carbonyl (C=O) groups is 1. The van der Waals surface area contributed by atoms with Gasteiger partial charge in [0.25, 0.3) is 0 Å². The zero-order chi connectivity index (χ0) is 21.1. The van der Waals surface area contributed by atoms with Crippen LogP contribution in [0.2, 0.25) is 0 Å². The Morgan fingerprint density at radius 2 is 1.77 bits per heavy atom. The van der Waals surface area contributed by atoms with Gasteiger partial charge in [-0.15, -0.1) is 0 Å². The van der Waals surface area contributed by atoms with Crippen LogP contribution in [-0.4, -0.2) is 18.0 Å². The van der Waals surface area contributed by atoms with E-state index in [-0.39, 0.29) is 5.91 Å². The number of fused-ring (bicyclic) bond motifs is 1. The Labute approximate surface area is 175 Å². The minimum atomic E-state index is -0.202. The molecule has 0 radical (unpaired) electrons. The van der Waals surface area contributed by atoms with Gasteiger partial charge < -0.3 is 14.5 Å².